The monoisotopic (exact) mass is 448 g/mol. The van der Waals surface area contributed by atoms with Crippen molar-refractivity contribution < 1.29 is 14.0 Å². The van der Waals surface area contributed by atoms with Crippen LogP contribution in [0.1, 0.15) is 47.6 Å². The number of amides is 2. The third kappa shape index (κ3) is 4.55. The Morgan fingerprint density at radius 2 is 1.75 bits per heavy atom. The SMILES string of the molecule is CC(C)(C)c1ccc(N2C(=O)CS[C@H]2c2cccc(NC(=O)c3ccccc3F)c2)cc1. The molecule has 1 heterocycles. The summed E-state index contributed by atoms with van der Waals surface area (Å²) in [5, 5.41) is 2.56. The summed E-state index contributed by atoms with van der Waals surface area (Å²) < 4.78 is 13.9. The van der Waals surface area contributed by atoms with Crippen LogP contribution in [0, 0.1) is 5.82 Å². The van der Waals surface area contributed by atoms with Gasteiger partial charge in [-0.15, -0.1) is 11.8 Å². The molecule has 0 unspecified atom stereocenters. The molecule has 1 fully saturated rings. The van der Waals surface area contributed by atoms with Gasteiger partial charge in [0.2, 0.25) is 5.91 Å². The van der Waals surface area contributed by atoms with Crippen molar-refractivity contribution in [2.75, 3.05) is 16.0 Å². The van der Waals surface area contributed by atoms with Crippen molar-refractivity contribution in [2.45, 2.75) is 31.6 Å². The van der Waals surface area contributed by atoms with Crippen LogP contribution in [0.5, 0.6) is 0 Å². The maximum Gasteiger partial charge on any atom is 0.258 e. The lowest BCUT2D eigenvalue weighted by atomic mass is 9.87. The third-order valence-electron chi connectivity index (χ3n) is 5.43. The van der Waals surface area contributed by atoms with Crippen molar-refractivity contribution in [1.82, 2.24) is 0 Å². The molecule has 0 bridgehead atoms. The van der Waals surface area contributed by atoms with Crippen LogP contribution in [0.15, 0.2) is 72.8 Å². The third-order valence-corrected chi connectivity index (χ3v) is 6.64. The molecule has 4 nitrogen and oxygen atoms in total. The van der Waals surface area contributed by atoms with E-state index in [1.165, 1.54) is 17.7 Å². The van der Waals surface area contributed by atoms with E-state index in [1.807, 2.05) is 30.3 Å². The predicted octanol–water partition coefficient (Wildman–Crippen LogP) is 6.15. The molecule has 0 aliphatic carbocycles. The second-order valence-corrected chi connectivity index (χ2v) is 9.85. The van der Waals surface area contributed by atoms with Crippen molar-refractivity contribution in [3.05, 3.63) is 95.3 Å². The van der Waals surface area contributed by atoms with E-state index in [0.29, 0.717) is 11.4 Å². The number of nitrogens with zero attached hydrogens (tertiary/aromatic N) is 1. The molecule has 0 spiro atoms. The highest BCUT2D eigenvalue weighted by Crippen LogP contribution is 2.42. The molecule has 3 aromatic carbocycles. The predicted molar refractivity (Wildman–Crippen MR) is 129 cm³/mol. The van der Waals surface area contributed by atoms with E-state index in [4.69, 9.17) is 0 Å². The molecule has 4 rings (SSSR count). The molecular weight excluding hydrogens is 423 g/mol. The van der Waals surface area contributed by atoms with Gasteiger partial charge in [0.15, 0.2) is 0 Å². The van der Waals surface area contributed by atoms with E-state index in [9.17, 15) is 14.0 Å². The second kappa shape index (κ2) is 8.79. The summed E-state index contributed by atoms with van der Waals surface area (Å²) >= 11 is 1.55. The van der Waals surface area contributed by atoms with E-state index < -0.39 is 11.7 Å². The van der Waals surface area contributed by atoms with Gasteiger partial charge in [-0.05, 0) is 52.9 Å². The van der Waals surface area contributed by atoms with E-state index in [2.05, 4.69) is 38.2 Å². The minimum Gasteiger partial charge on any atom is -0.322 e. The fraction of sp³-hybridized carbons (Fsp3) is 0.231. The number of carbonyl (C=O) groups excluding carboxylic acids is 2. The first-order valence-corrected chi connectivity index (χ1v) is 11.5. The largest absolute Gasteiger partial charge is 0.322 e. The van der Waals surface area contributed by atoms with E-state index in [0.717, 1.165) is 11.3 Å². The number of thioether (sulfide) groups is 1. The van der Waals surface area contributed by atoms with Crippen molar-refractivity contribution in [1.29, 1.82) is 0 Å². The Kier molecular flexibility index (Phi) is 6.07. The number of rotatable bonds is 4. The molecular formula is C26H25FN2O2S. The molecule has 32 heavy (non-hydrogen) atoms. The number of carbonyl (C=O) groups is 2. The quantitative estimate of drug-likeness (QED) is 0.520. The molecule has 1 aliphatic heterocycles. The molecule has 0 saturated carbocycles. The Labute approximate surface area is 191 Å². The summed E-state index contributed by atoms with van der Waals surface area (Å²) in [5.74, 6) is -0.644. The number of hydrogen-bond donors (Lipinski definition) is 1. The van der Waals surface area contributed by atoms with Crippen molar-refractivity contribution in [3.8, 4) is 0 Å². The maximum atomic E-state index is 13.9. The number of hydrogen-bond acceptors (Lipinski definition) is 3. The molecule has 164 valence electrons. The molecule has 2 amide bonds. The van der Waals surface area contributed by atoms with Crippen LogP contribution in [0.4, 0.5) is 15.8 Å². The van der Waals surface area contributed by atoms with Gasteiger partial charge in [-0.3, -0.25) is 14.5 Å². The van der Waals surface area contributed by atoms with Gasteiger partial charge in [0, 0.05) is 11.4 Å². The molecule has 0 aromatic heterocycles. The lowest BCUT2D eigenvalue weighted by Crippen LogP contribution is -2.28. The lowest BCUT2D eigenvalue weighted by Gasteiger charge is -2.26. The first-order chi connectivity index (χ1) is 15.2. The second-order valence-electron chi connectivity index (χ2n) is 8.78. The number of anilines is 2. The van der Waals surface area contributed by atoms with Gasteiger partial charge >= 0.3 is 0 Å². The molecule has 1 atom stereocenters. The Hall–Kier alpha value is -3.12. The zero-order valence-corrected chi connectivity index (χ0v) is 19.1. The normalized spacial score (nSPS) is 16.3. The highest BCUT2D eigenvalue weighted by Gasteiger charge is 2.34. The molecule has 0 radical (unpaired) electrons. The van der Waals surface area contributed by atoms with E-state index in [-0.39, 0.29) is 22.3 Å². The van der Waals surface area contributed by atoms with E-state index in [1.54, 1.807) is 34.9 Å². The molecule has 1 saturated heterocycles. The minimum absolute atomic E-state index is 0.0103. The van der Waals surface area contributed by atoms with Crippen LogP contribution in [0.25, 0.3) is 0 Å². The molecule has 6 heteroatoms. The first kappa shape index (κ1) is 22.1. The minimum atomic E-state index is -0.567. The zero-order chi connectivity index (χ0) is 22.9. The standard InChI is InChI=1S/C26H25FN2O2S/c1-26(2,3)18-11-13-20(14-12-18)29-23(30)16-32-25(29)17-7-6-8-19(15-17)28-24(31)21-9-4-5-10-22(21)27/h4-15,25H,16H2,1-3H3,(H,28,31)/t25-/m0/s1. The summed E-state index contributed by atoms with van der Waals surface area (Å²) in [6.07, 6.45) is 0. The highest BCUT2D eigenvalue weighted by atomic mass is 32.2. The summed E-state index contributed by atoms with van der Waals surface area (Å²) in [6.45, 7) is 6.47. The molecule has 1 aliphatic rings. The fourth-order valence-electron chi connectivity index (χ4n) is 3.69. The summed E-state index contributed by atoms with van der Waals surface area (Å²) in [6, 6.07) is 21.3. The van der Waals surface area contributed by atoms with Gasteiger partial charge in [-0.25, -0.2) is 4.39 Å². The van der Waals surface area contributed by atoms with Crippen molar-refractivity contribution >= 4 is 35.0 Å². The van der Waals surface area contributed by atoms with Gasteiger partial charge in [0.25, 0.3) is 5.91 Å². The zero-order valence-electron chi connectivity index (χ0n) is 18.3. The molecule has 3 aromatic rings. The number of nitrogens with one attached hydrogen (secondary N) is 1. The van der Waals surface area contributed by atoms with Gasteiger partial charge in [0.05, 0.1) is 11.3 Å². The Morgan fingerprint density at radius 1 is 1.03 bits per heavy atom. The summed E-state index contributed by atoms with van der Waals surface area (Å²) in [4.78, 5) is 27.0. The lowest BCUT2D eigenvalue weighted by molar-refractivity contribution is -0.115. The average molecular weight is 449 g/mol. The fourth-order valence-corrected chi connectivity index (χ4v) is 4.85. The van der Waals surface area contributed by atoms with Crippen LogP contribution in [-0.4, -0.2) is 17.6 Å². The van der Waals surface area contributed by atoms with Gasteiger partial charge in [0.1, 0.15) is 11.2 Å². The number of benzene rings is 3. The van der Waals surface area contributed by atoms with E-state index >= 15 is 0 Å². The van der Waals surface area contributed by atoms with Crippen LogP contribution in [0.2, 0.25) is 0 Å². The summed E-state index contributed by atoms with van der Waals surface area (Å²) in [7, 11) is 0. The van der Waals surface area contributed by atoms with Crippen molar-refractivity contribution in [2.24, 2.45) is 0 Å². The number of halogens is 1. The Morgan fingerprint density at radius 3 is 2.44 bits per heavy atom. The maximum absolute atomic E-state index is 13.9. The Balaban J connectivity index is 1.58. The topological polar surface area (TPSA) is 49.4 Å². The average Bonchev–Trinajstić information content (AvgIpc) is 3.15. The highest BCUT2D eigenvalue weighted by molar-refractivity contribution is 8.00. The van der Waals surface area contributed by atoms with Crippen LogP contribution in [0.3, 0.4) is 0 Å². The van der Waals surface area contributed by atoms with Gasteiger partial charge in [-0.1, -0.05) is 57.2 Å². The summed E-state index contributed by atoms with van der Waals surface area (Å²) in [5.41, 5.74) is 3.52. The van der Waals surface area contributed by atoms with Crippen LogP contribution >= 0.6 is 11.8 Å². The van der Waals surface area contributed by atoms with Gasteiger partial charge < -0.3 is 5.32 Å². The first-order valence-electron chi connectivity index (χ1n) is 10.4. The van der Waals surface area contributed by atoms with Crippen LogP contribution in [-0.2, 0) is 10.2 Å². The van der Waals surface area contributed by atoms with Gasteiger partial charge in [-0.2, -0.15) is 0 Å². The Bertz CT molecular complexity index is 1150. The van der Waals surface area contributed by atoms with Crippen molar-refractivity contribution in [3.63, 3.8) is 0 Å². The van der Waals surface area contributed by atoms with Crippen LogP contribution < -0.4 is 10.2 Å². The smallest absolute Gasteiger partial charge is 0.258 e. The molecule has 1 N–H and O–H groups in total.